The van der Waals surface area contributed by atoms with E-state index < -0.39 is 52.8 Å². The van der Waals surface area contributed by atoms with E-state index in [-0.39, 0.29) is 0 Å². The molecule has 1 aliphatic heterocycles. The van der Waals surface area contributed by atoms with Crippen molar-refractivity contribution in [1.29, 1.82) is 0 Å². The van der Waals surface area contributed by atoms with Crippen LogP contribution in [0.25, 0.3) is 0 Å². The summed E-state index contributed by atoms with van der Waals surface area (Å²) < 4.78 is 5.22. The summed E-state index contributed by atoms with van der Waals surface area (Å²) in [4.78, 5) is 50.4. The van der Waals surface area contributed by atoms with Crippen LogP contribution in [-0.2, 0) is 23.9 Å². The van der Waals surface area contributed by atoms with Crippen LogP contribution in [0.15, 0.2) is 0 Å². The van der Waals surface area contributed by atoms with Gasteiger partial charge >= 0.3 is 11.9 Å². The average Bonchev–Trinajstić information content (AvgIpc) is 2.97. The predicted molar refractivity (Wildman–Crippen MR) is 98.8 cm³/mol. The Bertz CT molecular complexity index is 602. The molecule has 0 aromatic carbocycles. The van der Waals surface area contributed by atoms with Gasteiger partial charge in [0.05, 0.1) is 0 Å². The number of ether oxygens (including phenoxy) is 1. The van der Waals surface area contributed by atoms with E-state index in [0.717, 1.165) is 0 Å². The smallest absolute Gasteiger partial charge is 0.326 e. The lowest BCUT2D eigenvalue weighted by Gasteiger charge is -2.35. The monoisotopic (exact) mass is 384 g/mol. The maximum Gasteiger partial charge on any atom is 0.326 e. The molecular weight excluding hydrogens is 352 g/mol. The molecule has 3 atom stereocenters. The largest absolute Gasteiger partial charge is 0.480 e. The summed E-state index contributed by atoms with van der Waals surface area (Å²) in [5.41, 5.74) is -1.39. The van der Waals surface area contributed by atoms with Gasteiger partial charge in [-0.3, -0.25) is 14.4 Å². The minimum atomic E-state index is -1.09. The molecule has 0 bridgehead atoms. The number of amides is 2. The highest BCUT2D eigenvalue weighted by atomic mass is 16.6. The van der Waals surface area contributed by atoms with Crippen molar-refractivity contribution in [3.63, 3.8) is 0 Å². The maximum atomic E-state index is 13.0. The molecular formula is C19H32N2O6. The number of carbonyl (C=O) groups excluding carboxylic acids is 3. The van der Waals surface area contributed by atoms with Crippen LogP contribution in [0.5, 0.6) is 0 Å². The molecule has 1 saturated heterocycles. The second-order valence-corrected chi connectivity index (χ2v) is 9.09. The van der Waals surface area contributed by atoms with Crippen LogP contribution in [0.4, 0.5) is 0 Å². The SMILES string of the molecule is C[C@H](C(=O)N[C@H](C(=O)N1CCC[C@H]1C(=O)O)C(C)(C)C)C(=O)OC(C)(C)C. The normalized spacial score (nSPS) is 20.0. The number of rotatable bonds is 5. The number of likely N-dealkylation sites (tertiary alicyclic amines) is 1. The van der Waals surface area contributed by atoms with Crippen LogP contribution >= 0.6 is 0 Å². The summed E-state index contributed by atoms with van der Waals surface area (Å²) >= 11 is 0. The Balaban J connectivity index is 2.95. The van der Waals surface area contributed by atoms with Crippen LogP contribution in [0, 0.1) is 11.3 Å². The third kappa shape index (κ3) is 6.22. The Kier molecular flexibility index (Phi) is 7.02. The van der Waals surface area contributed by atoms with Gasteiger partial charge in [-0.15, -0.1) is 0 Å². The number of carboxylic acid groups (broad SMARTS) is 1. The summed E-state index contributed by atoms with van der Waals surface area (Å²) in [6, 6.07) is -1.84. The Morgan fingerprint density at radius 3 is 2.11 bits per heavy atom. The molecule has 0 unspecified atom stereocenters. The summed E-state index contributed by atoms with van der Waals surface area (Å²) in [7, 11) is 0. The minimum Gasteiger partial charge on any atom is -0.480 e. The average molecular weight is 384 g/mol. The highest BCUT2D eigenvalue weighted by Crippen LogP contribution is 2.26. The Morgan fingerprint density at radius 2 is 1.67 bits per heavy atom. The molecule has 8 heteroatoms. The number of hydrogen-bond acceptors (Lipinski definition) is 5. The number of nitrogens with zero attached hydrogens (tertiary/aromatic N) is 1. The molecule has 1 aliphatic rings. The molecule has 0 aromatic rings. The van der Waals surface area contributed by atoms with Crippen LogP contribution in [0.3, 0.4) is 0 Å². The van der Waals surface area contributed by atoms with Crippen LogP contribution in [-0.4, -0.2) is 58.0 Å². The first-order chi connectivity index (χ1) is 12.1. The number of aliphatic carboxylic acids is 1. The molecule has 0 aromatic heterocycles. The molecule has 0 aliphatic carbocycles. The summed E-state index contributed by atoms with van der Waals surface area (Å²) in [5, 5.41) is 12.0. The second kappa shape index (κ2) is 8.27. The first kappa shape index (κ1) is 22.9. The first-order valence-electron chi connectivity index (χ1n) is 9.21. The van der Waals surface area contributed by atoms with E-state index in [9.17, 15) is 24.3 Å². The van der Waals surface area contributed by atoms with E-state index in [4.69, 9.17) is 4.74 Å². The molecule has 1 rings (SSSR count). The Labute approximate surface area is 160 Å². The number of nitrogens with one attached hydrogen (secondary N) is 1. The van der Waals surface area contributed by atoms with E-state index in [0.29, 0.717) is 19.4 Å². The van der Waals surface area contributed by atoms with Crippen molar-refractivity contribution in [1.82, 2.24) is 10.2 Å². The van der Waals surface area contributed by atoms with Crippen molar-refractivity contribution in [3.05, 3.63) is 0 Å². The van der Waals surface area contributed by atoms with E-state index >= 15 is 0 Å². The van der Waals surface area contributed by atoms with E-state index in [1.807, 2.05) is 0 Å². The standard InChI is InChI=1S/C19H32N2O6/c1-11(17(26)27-19(5,6)7)14(22)20-13(18(2,3)4)15(23)21-10-8-9-12(21)16(24)25/h11-13H,8-10H2,1-7H3,(H,20,22)(H,24,25)/t11-,12+,13-/m1/s1. The topological polar surface area (TPSA) is 113 Å². The molecule has 1 fully saturated rings. The van der Waals surface area contributed by atoms with Gasteiger partial charge in [0.2, 0.25) is 11.8 Å². The van der Waals surface area contributed by atoms with Crippen molar-refractivity contribution in [2.24, 2.45) is 11.3 Å². The zero-order chi connectivity index (χ0) is 21.2. The van der Waals surface area contributed by atoms with Gasteiger partial charge in [0.25, 0.3) is 0 Å². The lowest BCUT2D eigenvalue weighted by atomic mass is 9.85. The molecule has 154 valence electrons. The summed E-state index contributed by atoms with van der Waals surface area (Å²) in [6.07, 6.45) is 0.988. The van der Waals surface area contributed by atoms with Gasteiger partial charge in [0.1, 0.15) is 23.6 Å². The fourth-order valence-corrected chi connectivity index (χ4v) is 2.87. The third-order valence-corrected chi connectivity index (χ3v) is 4.37. The zero-order valence-corrected chi connectivity index (χ0v) is 17.3. The molecule has 2 amide bonds. The first-order valence-corrected chi connectivity index (χ1v) is 9.21. The van der Waals surface area contributed by atoms with Crippen molar-refractivity contribution < 1.29 is 29.0 Å². The lowest BCUT2D eigenvalue weighted by Crippen LogP contribution is -2.57. The van der Waals surface area contributed by atoms with Crippen LogP contribution in [0.2, 0.25) is 0 Å². The van der Waals surface area contributed by atoms with Gasteiger partial charge in [-0.1, -0.05) is 20.8 Å². The summed E-state index contributed by atoms with van der Waals surface area (Å²) in [5.74, 6) is -3.89. The molecule has 8 nitrogen and oxygen atoms in total. The zero-order valence-electron chi connectivity index (χ0n) is 17.3. The number of hydrogen-bond donors (Lipinski definition) is 2. The van der Waals surface area contributed by atoms with Crippen molar-refractivity contribution in [3.8, 4) is 0 Å². The fourth-order valence-electron chi connectivity index (χ4n) is 2.87. The molecule has 0 saturated carbocycles. The quantitative estimate of drug-likeness (QED) is 0.549. The molecule has 0 spiro atoms. The highest BCUT2D eigenvalue weighted by molar-refractivity contribution is 6.00. The van der Waals surface area contributed by atoms with Crippen LogP contribution < -0.4 is 5.32 Å². The van der Waals surface area contributed by atoms with Crippen molar-refractivity contribution in [2.45, 2.75) is 79.0 Å². The molecule has 1 heterocycles. The van der Waals surface area contributed by atoms with Crippen molar-refractivity contribution >= 4 is 23.8 Å². The van der Waals surface area contributed by atoms with Gasteiger partial charge in [-0.25, -0.2) is 4.79 Å². The third-order valence-electron chi connectivity index (χ3n) is 4.37. The number of carbonyl (C=O) groups is 4. The number of carboxylic acids is 1. The second-order valence-electron chi connectivity index (χ2n) is 9.09. The number of esters is 1. The van der Waals surface area contributed by atoms with E-state index in [1.54, 1.807) is 41.5 Å². The van der Waals surface area contributed by atoms with Crippen molar-refractivity contribution in [2.75, 3.05) is 6.54 Å². The van der Waals surface area contributed by atoms with Gasteiger partial charge in [-0.2, -0.15) is 0 Å². The Hall–Kier alpha value is -2.12. The van der Waals surface area contributed by atoms with Gasteiger partial charge in [0.15, 0.2) is 0 Å². The Morgan fingerprint density at radius 1 is 1.11 bits per heavy atom. The highest BCUT2D eigenvalue weighted by Gasteiger charge is 2.42. The molecule has 27 heavy (non-hydrogen) atoms. The van der Waals surface area contributed by atoms with E-state index in [1.165, 1.54) is 11.8 Å². The predicted octanol–water partition coefficient (Wildman–Crippen LogP) is 1.57. The molecule has 0 radical (unpaired) electrons. The molecule has 2 N–H and O–H groups in total. The fraction of sp³-hybridized carbons (Fsp3) is 0.789. The van der Waals surface area contributed by atoms with E-state index in [2.05, 4.69) is 5.32 Å². The minimum absolute atomic E-state index is 0.333. The maximum absolute atomic E-state index is 13.0. The van der Waals surface area contributed by atoms with Crippen LogP contribution in [0.1, 0.15) is 61.3 Å². The lowest BCUT2D eigenvalue weighted by molar-refractivity contribution is -0.162. The van der Waals surface area contributed by atoms with Gasteiger partial charge < -0.3 is 20.1 Å². The van der Waals surface area contributed by atoms with Gasteiger partial charge in [0, 0.05) is 6.54 Å². The van der Waals surface area contributed by atoms with Gasteiger partial charge in [-0.05, 0) is 46.0 Å². The summed E-state index contributed by atoms with van der Waals surface area (Å²) in [6.45, 7) is 12.2.